The molecule has 0 aromatic carbocycles. The van der Waals surface area contributed by atoms with Crippen LogP contribution in [0.2, 0.25) is 0 Å². The zero-order chi connectivity index (χ0) is 10.6. The summed E-state index contributed by atoms with van der Waals surface area (Å²) in [5.74, 6) is -1.06. The van der Waals surface area contributed by atoms with Gasteiger partial charge in [0.15, 0.2) is 0 Å². The molecule has 1 atom stereocenters. The number of hydrogen-bond donors (Lipinski definition) is 2. The van der Waals surface area contributed by atoms with Gasteiger partial charge in [0.2, 0.25) is 0 Å². The van der Waals surface area contributed by atoms with Gasteiger partial charge in [-0.3, -0.25) is 4.79 Å². The summed E-state index contributed by atoms with van der Waals surface area (Å²) in [6, 6.07) is -0.899. The maximum absolute atomic E-state index is 11.1. The van der Waals surface area contributed by atoms with E-state index in [2.05, 4.69) is 5.32 Å². The molecule has 1 saturated carbocycles. The summed E-state index contributed by atoms with van der Waals surface area (Å²) >= 11 is 0. The third kappa shape index (κ3) is 3.24. The van der Waals surface area contributed by atoms with Crippen LogP contribution in [-0.2, 0) is 9.53 Å². The average Bonchev–Trinajstić information content (AvgIpc) is 2.56. The number of alkyl carbamates (subject to hydrolysis) is 1. The highest BCUT2D eigenvalue weighted by Gasteiger charge is 2.21. The Labute approximate surface area is 82.4 Å². The number of ether oxygens (including phenoxy) is 1. The van der Waals surface area contributed by atoms with Gasteiger partial charge in [-0.05, 0) is 32.6 Å². The minimum atomic E-state index is -1.06. The van der Waals surface area contributed by atoms with Crippen LogP contribution < -0.4 is 5.32 Å². The van der Waals surface area contributed by atoms with Gasteiger partial charge in [0.25, 0.3) is 0 Å². The van der Waals surface area contributed by atoms with Gasteiger partial charge < -0.3 is 15.2 Å². The molecule has 1 rings (SSSR count). The minimum Gasteiger partial charge on any atom is -0.480 e. The van der Waals surface area contributed by atoms with Gasteiger partial charge in [-0.2, -0.15) is 0 Å². The number of carbonyl (C=O) groups excluding carboxylic acids is 1. The number of carboxylic acid groups (broad SMARTS) is 1. The molecule has 0 aromatic rings. The van der Waals surface area contributed by atoms with Crippen molar-refractivity contribution in [1.82, 2.24) is 5.32 Å². The summed E-state index contributed by atoms with van der Waals surface area (Å²) in [6.45, 7) is 1.40. The van der Waals surface area contributed by atoms with Gasteiger partial charge in [-0.15, -0.1) is 0 Å². The smallest absolute Gasteiger partial charge is 0.408 e. The molecule has 0 bridgehead atoms. The Morgan fingerprint density at radius 2 is 2.00 bits per heavy atom. The lowest BCUT2D eigenvalue weighted by Gasteiger charge is -2.13. The van der Waals surface area contributed by atoms with E-state index in [0.29, 0.717) is 0 Å². The molecule has 1 aliphatic carbocycles. The quantitative estimate of drug-likeness (QED) is 0.717. The first-order chi connectivity index (χ1) is 6.59. The van der Waals surface area contributed by atoms with Gasteiger partial charge in [0.05, 0.1) is 0 Å². The number of carboxylic acids is 1. The van der Waals surface area contributed by atoms with Crippen LogP contribution in [0.3, 0.4) is 0 Å². The van der Waals surface area contributed by atoms with Gasteiger partial charge >= 0.3 is 12.1 Å². The standard InChI is InChI=1S/C9H15NO4/c1-6(8(11)12)10-9(13)14-7-4-2-3-5-7/h6-7H,2-5H2,1H3,(H,10,13)(H,11,12). The molecule has 0 saturated heterocycles. The SMILES string of the molecule is CC(NC(=O)OC1CCCC1)C(=O)O. The van der Waals surface area contributed by atoms with Crippen molar-refractivity contribution < 1.29 is 19.4 Å². The van der Waals surface area contributed by atoms with E-state index in [1.54, 1.807) is 0 Å². The molecule has 5 heteroatoms. The Kier molecular flexibility index (Phi) is 3.73. The van der Waals surface area contributed by atoms with Gasteiger partial charge in [-0.1, -0.05) is 0 Å². The number of carbonyl (C=O) groups is 2. The fourth-order valence-electron chi connectivity index (χ4n) is 1.43. The van der Waals surface area contributed by atoms with Crippen molar-refractivity contribution in [3.8, 4) is 0 Å². The van der Waals surface area contributed by atoms with Crippen molar-refractivity contribution in [2.75, 3.05) is 0 Å². The Morgan fingerprint density at radius 1 is 1.43 bits per heavy atom. The Balaban J connectivity index is 2.24. The van der Waals surface area contributed by atoms with Crippen molar-refractivity contribution in [2.45, 2.75) is 44.8 Å². The normalized spacial score (nSPS) is 18.9. The van der Waals surface area contributed by atoms with Gasteiger partial charge in [-0.25, -0.2) is 4.79 Å². The molecule has 80 valence electrons. The first-order valence-electron chi connectivity index (χ1n) is 4.79. The highest BCUT2D eigenvalue weighted by Crippen LogP contribution is 2.20. The fourth-order valence-corrected chi connectivity index (χ4v) is 1.43. The lowest BCUT2D eigenvalue weighted by Crippen LogP contribution is -2.39. The summed E-state index contributed by atoms with van der Waals surface area (Å²) in [5, 5.41) is 10.8. The van der Waals surface area contributed by atoms with E-state index in [1.165, 1.54) is 6.92 Å². The first-order valence-corrected chi connectivity index (χ1v) is 4.79. The monoisotopic (exact) mass is 201 g/mol. The Morgan fingerprint density at radius 3 is 2.50 bits per heavy atom. The Bertz CT molecular complexity index is 223. The first kappa shape index (κ1) is 10.8. The topological polar surface area (TPSA) is 75.6 Å². The number of hydrogen-bond acceptors (Lipinski definition) is 3. The second kappa shape index (κ2) is 4.83. The molecule has 14 heavy (non-hydrogen) atoms. The molecule has 0 heterocycles. The summed E-state index contributed by atoms with van der Waals surface area (Å²) < 4.78 is 5.02. The molecular weight excluding hydrogens is 186 g/mol. The maximum Gasteiger partial charge on any atom is 0.408 e. The van der Waals surface area contributed by atoms with Crippen LogP contribution in [0.4, 0.5) is 4.79 Å². The van der Waals surface area contributed by atoms with E-state index >= 15 is 0 Å². The average molecular weight is 201 g/mol. The highest BCUT2D eigenvalue weighted by molar-refractivity contribution is 5.79. The van der Waals surface area contributed by atoms with E-state index in [-0.39, 0.29) is 6.10 Å². The third-order valence-electron chi connectivity index (χ3n) is 2.28. The predicted molar refractivity (Wildman–Crippen MR) is 49.0 cm³/mol. The number of rotatable bonds is 3. The van der Waals surface area contributed by atoms with Crippen LogP contribution >= 0.6 is 0 Å². The van der Waals surface area contributed by atoms with Crippen molar-refractivity contribution in [3.05, 3.63) is 0 Å². The van der Waals surface area contributed by atoms with Gasteiger partial charge in [0.1, 0.15) is 12.1 Å². The van der Waals surface area contributed by atoms with Gasteiger partial charge in [0, 0.05) is 0 Å². The molecule has 0 spiro atoms. The summed E-state index contributed by atoms with van der Waals surface area (Å²) in [6.07, 6.45) is 3.26. The second-order valence-corrected chi connectivity index (χ2v) is 3.52. The Hall–Kier alpha value is -1.26. The molecule has 0 radical (unpaired) electrons. The van der Waals surface area contributed by atoms with Crippen molar-refractivity contribution in [1.29, 1.82) is 0 Å². The molecule has 1 aliphatic rings. The summed E-state index contributed by atoms with van der Waals surface area (Å²) in [7, 11) is 0. The summed E-state index contributed by atoms with van der Waals surface area (Å²) in [5.41, 5.74) is 0. The molecule has 0 aromatic heterocycles. The molecule has 1 unspecified atom stereocenters. The van der Waals surface area contributed by atoms with E-state index in [9.17, 15) is 9.59 Å². The number of aliphatic carboxylic acids is 1. The molecule has 0 aliphatic heterocycles. The van der Waals surface area contributed by atoms with E-state index < -0.39 is 18.1 Å². The zero-order valence-electron chi connectivity index (χ0n) is 8.16. The lowest BCUT2D eigenvalue weighted by molar-refractivity contribution is -0.138. The van der Waals surface area contributed by atoms with Crippen LogP contribution in [-0.4, -0.2) is 29.3 Å². The molecule has 5 nitrogen and oxygen atoms in total. The van der Waals surface area contributed by atoms with Crippen LogP contribution in [0.25, 0.3) is 0 Å². The van der Waals surface area contributed by atoms with Crippen LogP contribution in [0.15, 0.2) is 0 Å². The lowest BCUT2D eigenvalue weighted by atomic mass is 10.3. The fraction of sp³-hybridized carbons (Fsp3) is 0.778. The molecule has 1 fully saturated rings. The number of nitrogens with one attached hydrogen (secondary N) is 1. The molecular formula is C9H15NO4. The van der Waals surface area contributed by atoms with E-state index in [4.69, 9.17) is 9.84 Å². The number of amides is 1. The predicted octanol–water partition coefficient (Wildman–Crippen LogP) is 1.13. The zero-order valence-corrected chi connectivity index (χ0v) is 8.16. The van der Waals surface area contributed by atoms with E-state index in [0.717, 1.165) is 25.7 Å². The minimum absolute atomic E-state index is 0.0315. The third-order valence-corrected chi connectivity index (χ3v) is 2.28. The van der Waals surface area contributed by atoms with Crippen LogP contribution in [0.5, 0.6) is 0 Å². The molecule has 1 amide bonds. The molecule has 2 N–H and O–H groups in total. The maximum atomic E-state index is 11.1. The highest BCUT2D eigenvalue weighted by atomic mass is 16.6. The van der Waals surface area contributed by atoms with Crippen molar-refractivity contribution in [3.63, 3.8) is 0 Å². The van der Waals surface area contributed by atoms with Crippen LogP contribution in [0, 0.1) is 0 Å². The van der Waals surface area contributed by atoms with Crippen LogP contribution in [0.1, 0.15) is 32.6 Å². The van der Waals surface area contributed by atoms with Crippen molar-refractivity contribution in [2.24, 2.45) is 0 Å². The largest absolute Gasteiger partial charge is 0.480 e. The van der Waals surface area contributed by atoms with E-state index in [1.807, 2.05) is 0 Å². The second-order valence-electron chi connectivity index (χ2n) is 3.52. The van der Waals surface area contributed by atoms with Crippen molar-refractivity contribution >= 4 is 12.1 Å². The summed E-state index contributed by atoms with van der Waals surface area (Å²) in [4.78, 5) is 21.5.